The van der Waals surface area contributed by atoms with E-state index in [1.807, 2.05) is 17.0 Å². The van der Waals surface area contributed by atoms with Gasteiger partial charge in [0.1, 0.15) is 0 Å². The lowest BCUT2D eigenvalue weighted by atomic mass is 10.1. The van der Waals surface area contributed by atoms with E-state index in [0.29, 0.717) is 24.0 Å². The second kappa shape index (κ2) is 5.04. The number of halogens is 2. The fraction of sp³-hybridized carbons (Fsp3) is 0.455. The molecule has 1 heterocycles. The van der Waals surface area contributed by atoms with Gasteiger partial charge in [0.15, 0.2) is 9.84 Å². The van der Waals surface area contributed by atoms with Crippen LogP contribution in [0.1, 0.15) is 5.56 Å². The zero-order valence-corrected chi connectivity index (χ0v) is 11.5. The molecule has 3 nitrogen and oxygen atoms in total. The molecule has 1 aromatic rings. The van der Waals surface area contributed by atoms with Crippen molar-refractivity contribution in [1.29, 1.82) is 0 Å². The largest absolute Gasteiger partial charge is 0.369 e. The molecular formula is C11H13Cl2NO2S. The number of anilines is 1. The Morgan fingerprint density at radius 1 is 1.24 bits per heavy atom. The normalized spacial score (nSPS) is 19.3. The van der Waals surface area contributed by atoms with E-state index in [-0.39, 0.29) is 11.5 Å². The van der Waals surface area contributed by atoms with Crippen molar-refractivity contribution in [3.8, 4) is 0 Å². The number of hydrogen-bond donors (Lipinski definition) is 0. The van der Waals surface area contributed by atoms with Crippen LogP contribution in [0.3, 0.4) is 0 Å². The summed E-state index contributed by atoms with van der Waals surface area (Å²) in [6.07, 6.45) is 0. The van der Waals surface area contributed by atoms with Gasteiger partial charge in [-0.15, -0.1) is 11.6 Å². The van der Waals surface area contributed by atoms with E-state index < -0.39 is 9.84 Å². The molecule has 2 rings (SSSR count). The number of nitrogens with zero attached hydrogens (tertiary/aromatic N) is 1. The lowest BCUT2D eigenvalue weighted by Crippen LogP contribution is -2.40. The van der Waals surface area contributed by atoms with E-state index in [9.17, 15) is 8.42 Å². The van der Waals surface area contributed by atoms with Crippen LogP contribution in [0.4, 0.5) is 5.69 Å². The van der Waals surface area contributed by atoms with Crippen LogP contribution in [0.2, 0.25) is 5.02 Å². The molecule has 1 aliphatic rings. The van der Waals surface area contributed by atoms with Crippen LogP contribution in [0.5, 0.6) is 0 Å². The second-order valence-electron chi connectivity index (χ2n) is 4.01. The molecule has 6 heteroatoms. The highest BCUT2D eigenvalue weighted by Crippen LogP contribution is 2.29. The monoisotopic (exact) mass is 293 g/mol. The SMILES string of the molecule is O=S1(=O)CCN(c2cccc(Cl)c2CCl)CC1. The summed E-state index contributed by atoms with van der Waals surface area (Å²) in [5.74, 6) is 0.723. The maximum Gasteiger partial charge on any atom is 0.153 e. The lowest BCUT2D eigenvalue weighted by Gasteiger charge is -2.30. The van der Waals surface area contributed by atoms with E-state index in [2.05, 4.69) is 0 Å². The maximum atomic E-state index is 11.4. The van der Waals surface area contributed by atoms with Crippen LogP contribution in [-0.4, -0.2) is 33.0 Å². The van der Waals surface area contributed by atoms with Gasteiger partial charge in [0.25, 0.3) is 0 Å². The summed E-state index contributed by atoms with van der Waals surface area (Å²) in [7, 11) is -2.86. The van der Waals surface area contributed by atoms with E-state index in [4.69, 9.17) is 23.2 Å². The predicted octanol–water partition coefficient (Wildman–Crippen LogP) is 2.31. The maximum absolute atomic E-state index is 11.4. The molecular weight excluding hydrogens is 281 g/mol. The average molecular weight is 294 g/mol. The summed E-state index contributed by atoms with van der Waals surface area (Å²) in [5.41, 5.74) is 1.82. The van der Waals surface area contributed by atoms with Crippen molar-refractivity contribution < 1.29 is 8.42 Å². The van der Waals surface area contributed by atoms with E-state index in [1.54, 1.807) is 6.07 Å². The van der Waals surface area contributed by atoms with Crippen LogP contribution in [0, 0.1) is 0 Å². The molecule has 0 amide bonds. The van der Waals surface area contributed by atoms with Crippen molar-refractivity contribution in [3.05, 3.63) is 28.8 Å². The molecule has 94 valence electrons. The highest BCUT2D eigenvalue weighted by molar-refractivity contribution is 7.91. The number of hydrogen-bond acceptors (Lipinski definition) is 3. The average Bonchev–Trinajstić information content (AvgIpc) is 2.29. The molecule has 0 radical (unpaired) electrons. The molecule has 1 fully saturated rings. The number of benzene rings is 1. The zero-order valence-electron chi connectivity index (χ0n) is 9.20. The smallest absolute Gasteiger partial charge is 0.153 e. The quantitative estimate of drug-likeness (QED) is 0.786. The van der Waals surface area contributed by atoms with Crippen LogP contribution < -0.4 is 4.90 Å². The van der Waals surface area contributed by atoms with Gasteiger partial charge < -0.3 is 4.90 Å². The first-order valence-corrected chi connectivity index (χ1v) is 8.05. The number of rotatable bonds is 2. The summed E-state index contributed by atoms with van der Waals surface area (Å²) in [5, 5.41) is 0.630. The molecule has 0 saturated carbocycles. The highest BCUT2D eigenvalue weighted by Gasteiger charge is 2.23. The van der Waals surface area contributed by atoms with Gasteiger partial charge >= 0.3 is 0 Å². The number of alkyl halides is 1. The van der Waals surface area contributed by atoms with Crippen molar-refractivity contribution in [2.24, 2.45) is 0 Å². The molecule has 0 N–H and O–H groups in total. The van der Waals surface area contributed by atoms with E-state index >= 15 is 0 Å². The molecule has 17 heavy (non-hydrogen) atoms. The summed E-state index contributed by atoms with van der Waals surface area (Å²) in [4.78, 5) is 2.03. The summed E-state index contributed by atoms with van der Waals surface area (Å²) in [6.45, 7) is 1.01. The van der Waals surface area contributed by atoms with Gasteiger partial charge in [-0.1, -0.05) is 17.7 Å². The lowest BCUT2D eigenvalue weighted by molar-refractivity contribution is 0.586. The Hall–Kier alpha value is -0.450. The standard InChI is InChI=1S/C11H13Cl2NO2S/c12-8-9-10(13)2-1-3-11(9)14-4-6-17(15,16)7-5-14/h1-3H,4-8H2. The van der Waals surface area contributed by atoms with Crippen LogP contribution in [0.15, 0.2) is 18.2 Å². The molecule has 0 bridgehead atoms. The van der Waals surface area contributed by atoms with Crippen LogP contribution in [-0.2, 0) is 15.7 Å². The summed E-state index contributed by atoms with van der Waals surface area (Å²) in [6, 6.07) is 5.59. The molecule has 1 aliphatic heterocycles. The van der Waals surface area contributed by atoms with Gasteiger partial charge in [-0.2, -0.15) is 0 Å². The van der Waals surface area contributed by atoms with Gasteiger partial charge in [-0.25, -0.2) is 8.42 Å². The first-order valence-electron chi connectivity index (χ1n) is 5.32. The van der Waals surface area contributed by atoms with Gasteiger partial charge in [-0.3, -0.25) is 0 Å². The Balaban J connectivity index is 2.27. The fourth-order valence-corrected chi connectivity index (χ4v) is 3.72. The van der Waals surface area contributed by atoms with E-state index in [1.165, 1.54) is 0 Å². The third-order valence-electron chi connectivity index (χ3n) is 2.91. The van der Waals surface area contributed by atoms with E-state index in [0.717, 1.165) is 11.3 Å². The molecule has 0 spiro atoms. The second-order valence-corrected chi connectivity index (χ2v) is 6.99. The molecule has 0 unspecified atom stereocenters. The van der Waals surface area contributed by atoms with Gasteiger partial charge in [0, 0.05) is 29.4 Å². The molecule has 1 aromatic carbocycles. The minimum Gasteiger partial charge on any atom is -0.369 e. The van der Waals surface area contributed by atoms with Crippen molar-refractivity contribution in [3.63, 3.8) is 0 Å². The Kier molecular flexibility index (Phi) is 3.85. The van der Waals surface area contributed by atoms with Gasteiger partial charge in [0.05, 0.1) is 17.4 Å². The Labute approximate surface area is 111 Å². The first-order chi connectivity index (χ1) is 8.03. The zero-order chi connectivity index (χ0) is 12.5. The molecule has 0 aromatic heterocycles. The Bertz CT molecular complexity index is 502. The highest BCUT2D eigenvalue weighted by atomic mass is 35.5. The third kappa shape index (κ3) is 2.87. The van der Waals surface area contributed by atoms with Gasteiger partial charge in [-0.05, 0) is 12.1 Å². The Morgan fingerprint density at radius 2 is 1.88 bits per heavy atom. The number of sulfone groups is 1. The van der Waals surface area contributed by atoms with Crippen molar-refractivity contribution in [1.82, 2.24) is 0 Å². The van der Waals surface area contributed by atoms with Crippen LogP contribution >= 0.6 is 23.2 Å². The van der Waals surface area contributed by atoms with Crippen molar-refractivity contribution in [2.75, 3.05) is 29.5 Å². The molecule has 0 aliphatic carbocycles. The topological polar surface area (TPSA) is 37.4 Å². The Morgan fingerprint density at radius 3 is 2.47 bits per heavy atom. The fourth-order valence-electron chi connectivity index (χ4n) is 1.93. The predicted molar refractivity (Wildman–Crippen MR) is 71.9 cm³/mol. The van der Waals surface area contributed by atoms with Crippen molar-refractivity contribution in [2.45, 2.75) is 5.88 Å². The third-order valence-corrected chi connectivity index (χ3v) is 5.14. The summed E-state index contributed by atoms with van der Waals surface area (Å²) >= 11 is 12.0. The summed E-state index contributed by atoms with van der Waals surface area (Å²) < 4.78 is 22.7. The minimum atomic E-state index is -2.86. The molecule has 0 atom stereocenters. The molecule has 1 saturated heterocycles. The van der Waals surface area contributed by atoms with Gasteiger partial charge in [0.2, 0.25) is 0 Å². The van der Waals surface area contributed by atoms with Crippen LogP contribution in [0.25, 0.3) is 0 Å². The minimum absolute atomic E-state index is 0.196. The first kappa shape index (κ1) is 13.0. The van der Waals surface area contributed by atoms with Crippen molar-refractivity contribution >= 4 is 38.7 Å².